The van der Waals surface area contributed by atoms with Gasteiger partial charge in [-0.2, -0.15) is 0 Å². The molecule has 1 fully saturated rings. The lowest BCUT2D eigenvalue weighted by molar-refractivity contribution is -0.263. The number of rotatable bonds is 14. The second-order valence-corrected chi connectivity index (χ2v) is 10.2. The van der Waals surface area contributed by atoms with Crippen molar-refractivity contribution in [2.24, 2.45) is 0 Å². The minimum Gasteiger partial charge on any atom is -0.374 e. The van der Waals surface area contributed by atoms with Gasteiger partial charge in [-0.15, -0.1) is 6.58 Å². The quantitative estimate of drug-likeness (QED) is 0.160. The molecular weight excluding hydrogens is 512 g/mol. The molecule has 0 amide bonds. The van der Waals surface area contributed by atoms with Crippen LogP contribution < -0.4 is 0 Å². The topological polar surface area (TPSA) is 46.2 Å². The van der Waals surface area contributed by atoms with Gasteiger partial charge in [0.2, 0.25) is 0 Å². The number of benzene rings is 4. The lowest BCUT2D eigenvalue weighted by atomic mass is 9.94. The number of hydrogen-bond donors (Lipinski definition) is 0. The van der Waals surface area contributed by atoms with Gasteiger partial charge >= 0.3 is 0 Å². The monoisotopic (exact) mass is 550 g/mol. The molecule has 1 aliphatic heterocycles. The Kier molecular flexibility index (Phi) is 10.9. The smallest absolute Gasteiger partial charge is 0.116 e. The summed E-state index contributed by atoms with van der Waals surface area (Å²) in [6.07, 6.45) is -0.283. The normalized spacial score (nSPS) is 22.3. The van der Waals surface area contributed by atoms with Crippen molar-refractivity contribution in [1.29, 1.82) is 0 Å². The van der Waals surface area contributed by atoms with Crippen LogP contribution in [0.25, 0.3) is 0 Å². The Morgan fingerprint density at radius 3 is 1.34 bits per heavy atom. The van der Waals surface area contributed by atoms with Crippen LogP contribution in [-0.4, -0.2) is 37.1 Å². The molecule has 5 rings (SSSR count). The summed E-state index contributed by atoms with van der Waals surface area (Å²) in [5.41, 5.74) is 4.33. The molecule has 0 bridgehead atoms. The van der Waals surface area contributed by atoms with E-state index in [4.69, 9.17) is 23.7 Å². The maximum absolute atomic E-state index is 6.66. The Bertz CT molecular complexity index is 1280. The Hall–Kier alpha value is -3.58. The van der Waals surface area contributed by atoms with Crippen molar-refractivity contribution in [3.63, 3.8) is 0 Å². The average molecular weight is 551 g/mol. The van der Waals surface area contributed by atoms with Gasteiger partial charge < -0.3 is 23.7 Å². The van der Waals surface area contributed by atoms with Crippen LogP contribution in [0.3, 0.4) is 0 Å². The zero-order valence-electron chi connectivity index (χ0n) is 23.3. The van der Waals surface area contributed by atoms with Crippen LogP contribution in [0.15, 0.2) is 134 Å². The van der Waals surface area contributed by atoms with E-state index in [-0.39, 0.29) is 6.10 Å². The van der Waals surface area contributed by atoms with Crippen molar-refractivity contribution in [1.82, 2.24) is 0 Å². The van der Waals surface area contributed by atoms with E-state index in [1.807, 2.05) is 72.8 Å². The molecule has 0 aromatic heterocycles. The highest BCUT2D eigenvalue weighted by atomic mass is 16.6. The summed E-state index contributed by atoms with van der Waals surface area (Å²) >= 11 is 0. The lowest BCUT2D eigenvalue weighted by Gasteiger charge is -2.45. The van der Waals surface area contributed by atoms with E-state index in [1.165, 1.54) is 0 Å². The fourth-order valence-corrected chi connectivity index (χ4v) is 5.01. The van der Waals surface area contributed by atoms with E-state index < -0.39 is 24.4 Å². The average Bonchev–Trinajstić information content (AvgIpc) is 3.04. The third-order valence-electron chi connectivity index (χ3n) is 7.15. The van der Waals surface area contributed by atoms with Gasteiger partial charge in [0.15, 0.2) is 0 Å². The predicted molar refractivity (Wildman–Crippen MR) is 160 cm³/mol. The molecular formula is C36H38O5. The molecule has 4 aromatic rings. The highest BCUT2D eigenvalue weighted by Crippen LogP contribution is 2.31. The summed E-state index contributed by atoms with van der Waals surface area (Å²) < 4.78 is 32.6. The van der Waals surface area contributed by atoms with Crippen molar-refractivity contribution in [3.8, 4) is 0 Å². The Morgan fingerprint density at radius 1 is 0.512 bits per heavy atom. The maximum Gasteiger partial charge on any atom is 0.116 e. The number of ether oxygens (including phenoxy) is 5. The fraction of sp³-hybridized carbons (Fsp3) is 0.278. The first-order chi connectivity index (χ1) is 20.3. The third kappa shape index (κ3) is 8.46. The summed E-state index contributed by atoms with van der Waals surface area (Å²) in [6, 6.07) is 40.5. The minimum atomic E-state index is -0.438. The van der Waals surface area contributed by atoms with Crippen molar-refractivity contribution >= 4 is 0 Å². The second kappa shape index (κ2) is 15.4. The van der Waals surface area contributed by atoms with Crippen molar-refractivity contribution < 1.29 is 23.7 Å². The first-order valence-corrected chi connectivity index (χ1v) is 14.2. The summed E-state index contributed by atoms with van der Waals surface area (Å²) in [6.45, 7) is 6.16. The molecule has 0 spiro atoms. The molecule has 0 radical (unpaired) electrons. The van der Waals surface area contributed by atoms with Crippen LogP contribution >= 0.6 is 0 Å². The number of hydrogen-bond acceptors (Lipinski definition) is 5. The van der Waals surface area contributed by atoms with E-state index in [1.54, 1.807) is 6.08 Å². The molecule has 41 heavy (non-hydrogen) atoms. The van der Waals surface area contributed by atoms with Crippen LogP contribution in [0.1, 0.15) is 22.3 Å². The zero-order chi connectivity index (χ0) is 28.1. The molecule has 1 aliphatic rings. The Morgan fingerprint density at radius 2 is 0.902 bits per heavy atom. The summed E-state index contributed by atoms with van der Waals surface area (Å²) in [7, 11) is 0. The van der Waals surface area contributed by atoms with E-state index in [0.717, 1.165) is 22.3 Å². The van der Waals surface area contributed by atoms with Crippen LogP contribution in [0, 0.1) is 0 Å². The molecule has 4 aromatic carbocycles. The van der Waals surface area contributed by atoms with Gasteiger partial charge in [0.25, 0.3) is 0 Å². The van der Waals surface area contributed by atoms with E-state index in [2.05, 4.69) is 55.1 Å². The molecule has 5 nitrogen and oxygen atoms in total. The van der Waals surface area contributed by atoms with Crippen LogP contribution in [-0.2, 0) is 50.1 Å². The van der Waals surface area contributed by atoms with Gasteiger partial charge in [0.05, 0.1) is 33.0 Å². The van der Waals surface area contributed by atoms with Crippen LogP contribution in [0.5, 0.6) is 0 Å². The van der Waals surface area contributed by atoms with E-state index >= 15 is 0 Å². The SMILES string of the molecule is C=C[C@H]1OC(COCc2ccccc2)[C@@H](OCc2ccccc2)C(OCc2ccccc2)C1OCc1ccccc1. The van der Waals surface area contributed by atoms with Gasteiger partial charge in [-0.3, -0.25) is 0 Å². The Labute approximate surface area is 243 Å². The maximum atomic E-state index is 6.66. The molecule has 1 saturated heterocycles. The highest BCUT2D eigenvalue weighted by molar-refractivity contribution is 5.17. The van der Waals surface area contributed by atoms with E-state index in [0.29, 0.717) is 33.0 Å². The molecule has 5 atom stereocenters. The summed E-state index contributed by atoms with van der Waals surface area (Å²) in [5.74, 6) is 0. The second-order valence-electron chi connectivity index (χ2n) is 10.2. The standard InChI is InChI=1S/C36H38O5/c1-2-32-34(38-24-29-17-9-4-10-18-29)36(40-26-31-21-13-6-14-22-31)35(39-25-30-19-11-5-12-20-30)33(41-32)27-37-23-28-15-7-3-8-16-28/h2-22,32-36H,1,23-27H2/t32-,33?,34?,35-,36?/m1/s1. The largest absolute Gasteiger partial charge is 0.374 e. The van der Waals surface area contributed by atoms with Gasteiger partial charge in [-0.1, -0.05) is 127 Å². The lowest BCUT2D eigenvalue weighted by Crippen LogP contribution is -2.60. The Balaban J connectivity index is 1.39. The summed E-state index contributed by atoms with van der Waals surface area (Å²) in [5, 5.41) is 0. The molecule has 212 valence electrons. The molecule has 0 N–H and O–H groups in total. The minimum absolute atomic E-state index is 0.343. The molecule has 3 unspecified atom stereocenters. The van der Waals surface area contributed by atoms with Crippen LogP contribution in [0.2, 0.25) is 0 Å². The highest BCUT2D eigenvalue weighted by Gasteiger charge is 2.47. The molecule has 5 heteroatoms. The fourth-order valence-electron chi connectivity index (χ4n) is 5.01. The van der Waals surface area contributed by atoms with Gasteiger partial charge in [0.1, 0.15) is 30.5 Å². The zero-order valence-corrected chi connectivity index (χ0v) is 23.3. The first kappa shape index (κ1) is 28.9. The van der Waals surface area contributed by atoms with Gasteiger partial charge in [-0.05, 0) is 22.3 Å². The first-order valence-electron chi connectivity index (χ1n) is 14.2. The summed E-state index contributed by atoms with van der Waals surface area (Å²) in [4.78, 5) is 0. The molecule has 0 saturated carbocycles. The van der Waals surface area contributed by atoms with Gasteiger partial charge in [-0.25, -0.2) is 0 Å². The van der Waals surface area contributed by atoms with Gasteiger partial charge in [0, 0.05) is 0 Å². The predicted octanol–water partition coefficient (Wildman–Crippen LogP) is 6.91. The molecule has 1 heterocycles. The molecule has 0 aliphatic carbocycles. The van der Waals surface area contributed by atoms with Crippen LogP contribution in [0.4, 0.5) is 0 Å². The van der Waals surface area contributed by atoms with Crippen molar-refractivity contribution in [2.45, 2.75) is 56.9 Å². The van der Waals surface area contributed by atoms with E-state index in [9.17, 15) is 0 Å². The third-order valence-corrected chi connectivity index (χ3v) is 7.15. The van der Waals surface area contributed by atoms with Crippen molar-refractivity contribution in [2.75, 3.05) is 6.61 Å². The van der Waals surface area contributed by atoms with Crippen molar-refractivity contribution in [3.05, 3.63) is 156 Å².